The second-order valence-electron chi connectivity index (χ2n) is 4.07. The molecule has 1 atom stereocenters. The van der Waals surface area contributed by atoms with Gasteiger partial charge in [0.05, 0.1) is 6.61 Å². The van der Waals surface area contributed by atoms with Crippen molar-refractivity contribution in [3.8, 4) is 0 Å². The van der Waals surface area contributed by atoms with E-state index in [1.54, 1.807) is 12.4 Å². The molecule has 0 saturated heterocycles. The summed E-state index contributed by atoms with van der Waals surface area (Å²) in [6.07, 6.45) is 7.08. The van der Waals surface area contributed by atoms with Crippen LogP contribution in [0.1, 0.15) is 32.3 Å². The van der Waals surface area contributed by atoms with Crippen molar-refractivity contribution in [3.63, 3.8) is 0 Å². The van der Waals surface area contributed by atoms with Crippen molar-refractivity contribution < 1.29 is 5.11 Å². The summed E-state index contributed by atoms with van der Waals surface area (Å²) in [6.45, 7) is 4.98. The molecule has 0 bridgehead atoms. The van der Waals surface area contributed by atoms with E-state index in [1.807, 2.05) is 6.92 Å². The number of rotatable bonds is 6. The standard InChI is InChI=1S/C11H19N3O/c1-3-4-11(2,8-15)14-7-10-5-12-9-13-6-10/h5-6,9,14-15H,3-4,7-8H2,1-2H3. The molecule has 0 fully saturated rings. The Balaban J connectivity index is 2.47. The lowest BCUT2D eigenvalue weighted by Gasteiger charge is -2.28. The van der Waals surface area contributed by atoms with Crippen molar-refractivity contribution >= 4 is 0 Å². The number of nitrogens with zero attached hydrogens (tertiary/aromatic N) is 2. The molecule has 0 radical (unpaired) electrons. The fourth-order valence-electron chi connectivity index (χ4n) is 1.51. The average molecular weight is 209 g/mol. The zero-order valence-corrected chi connectivity index (χ0v) is 9.40. The Kier molecular flexibility index (Phi) is 4.65. The van der Waals surface area contributed by atoms with E-state index in [4.69, 9.17) is 0 Å². The normalized spacial score (nSPS) is 14.9. The minimum atomic E-state index is -0.204. The molecule has 1 aromatic rings. The molecule has 0 aliphatic carbocycles. The summed E-state index contributed by atoms with van der Waals surface area (Å²) in [7, 11) is 0. The van der Waals surface area contributed by atoms with E-state index in [-0.39, 0.29) is 12.1 Å². The molecule has 2 N–H and O–H groups in total. The Bertz CT molecular complexity index is 278. The second kappa shape index (κ2) is 5.78. The highest BCUT2D eigenvalue weighted by Gasteiger charge is 2.20. The third kappa shape index (κ3) is 3.93. The lowest BCUT2D eigenvalue weighted by atomic mass is 9.97. The van der Waals surface area contributed by atoms with Crippen LogP contribution in [0.3, 0.4) is 0 Å². The van der Waals surface area contributed by atoms with Gasteiger partial charge in [-0.15, -0.1) is 0 Å². The Morgan fingerprint density at radius 3 is 2.60 bits per heavy atom. The first-order chi connectivity index (χ1) is 7.20. The van der Waals surface area contributed by atoms with Crippen LogP contribution in [0.2, 0.25) is 0 Å². The Morgan fingerprint density at radius 2 is 2.07 bits per heavy atom. The van der Waals surface area contributed by atoms with Crippen LogP contribution in [0, 0.1) is 0 Å². The predicted octanol–water partition coefficient (Wildman–Crippen LogP) is 1.12. The summed E-state index contributed by atoms with van der Waals surface area (Å²) in [4.78, 5) is 7.89. The molecule has 1 rings (SSSR count). The number of hydrogen-bond donors (Lipinski definition) is 2. The van der Waals surface area contributed by atoms with Gasteiger partial charge in [-0.2, -0.15) is 0 Å². The highest BCUT2D eigenvalue weighted by atomic mass is 16.3. The molecule has 84 valence electrons. The van der Waals surface area contributed by atoms with E-state index in [2.05, 4.69) is 22.2 Å². The highest BCUT2D eigenvalue weighted by molar-refractivity contribution is 5.02. The monoisotopic (exact) mass is 209 g/mol. The molecule has 1 aromatic heterocycles. The Hall–Kier alpha value is -1.00. The topological polar surface area (TPSA) is 58.0 Å². The fraction of sp³-hybridized carbons (Fsp3) is 0.636. The molecule has 0 aromatic carbocycles. The summed E-state index contributed by atoms with van der Waals surface area (Å²) in [5.74, 6) is 0. The first kappa shape index (κ1) is 12.1. The molecular formula is C11H19N3O. The van der Waals surface area contributed by atoms with E-state index in [0.717, 1.165) is 18.4 Å². The smallest absolute Gasteiger partial charge is 0.115 e. The maximum absolute atomic E-state index is 9.30. The van der Waals surface area contributed by atoms with E-state index in [9.17, 15) is 5.11 Å². The molecule has 0 aliphatic heterocycles. The van der Waals surface area contributed by atoms with Gasteiger partial charge in [-0.1, -0.05) is 13.3 Å². The number of aliphatic hydroxyl groups is 1. The van der Waals surface area contributed by atoms with Crippen molar-refractivity contribution in [1.82, 2.24) is 15.3 Å². The van der Waals surface area contributed by atoms with Crippen molar-refractivity contribution in [2.75, 3.05) is 6.61 Å². The number of aromatic nitrogens is 2. The lowest BCUT2D eigenvalue weighted by Crippen LogP contribution is -2.45. The minimum Gasteiger partial charge on any atom is -0.394 e. The zero-order valence-electron chi connectivity index (χ0n) is 9.40. The number of aliphatic hydroxyl groups excluding tert-OH is 1. The van der Waals surface area contributed by atoms with Crippen molar-refractivity contribution in [1.29, 1.82) is 0 Å². The van der Waals surface area contributed by atoms with Crippen LogP contribution in [-0.4, -0.2) is 27.2 Å². The van der Waals surface area contributed by atoms with Crippen LogP contribution in [0.25, 0.3) is 0 Å². The molecule has 0 saturated carbocycles. The molecule has 15 heavy (non-hydrogen) atoms. The van der Waals surface area contributed by atoms with Gasteiger partial charge in [0, 0.05) is 30.0 Å². The summed E-state index contributed by atoms with van der Waals surface area (Å²) < 4.78 is 0. The van der Waals surface area contributed by atoms with Crippen LogP contribution in [0.4, 0.5) is 0 Å². The Labute approximate surface area is 90.8 Å². The largest absolute Gasteiger partial charge is 0.394 e. The summed E-state index contributed by atoms with van der Waals surface area (Å²) in [5.41, 5.74) is 0.832. The van der Waals surface area contributed by atoms with E-state index < -0.39 is 0 Å². The van der Waals surface area contributed by atoms with Gasteiger partial charge in [-0.3, -0.25) is 0 Å². The molecule has 4 nitrogen and oxygen atoms in total. The van der Waals surface area contributed by atoms with Crippen LogP contribution in [0.5, 0.6) is 0 Å². The second-order valence-corrected chi connectivity index (χ2v) is 4.07. The predicted molar refractivity (Wildman–Crippen MR) is 59.3 cm³/mol. The third-order valence-electron chi connectivity index (χ3n) is 2.48. The van der Waals surface area contributed by atoms with Crippen molar-refractivity contribution in [2.45, 2.75) is 38.8 Å². The van der Waals surface area contributed by atoms with Gasteiger partial charge in [0.2, 0.25) is 0 Å². The van der Waals surface area contributed by atoms with Gasteiger partial charge in [0.25, 0.3) is 0 Å². The highest BCUT2D eigenvalue weighted by Crippen LogP contribution is 2.12. The Morgan fingerprint density at radius 1 is 1.40 bits per heavy atom. The summed E-state index contributed by atoms with van der Waals surface area (Å²) >= 11 is 0. The van der Waals surface area contributed by atoms with Crippen LogP contribution in [-0.2, 0) is 6.54 Å². The first-order valence-electron chi connectivity index (χ1n) is 5.30. The van der Waals surface area contributed by atoms with Gasteiger partial charge >= 0.3 is 0 Å². The number of nitrogens with one attached hydrogen (secondary N) is 1. The van der Waals surface area contributed by atoms with Crippen molar-refractivity contribution in [3.05, 3.63) is 24.3 Å². The van der Waals surface area contributed by atoms with Crippen LogP contribution < -0.4 is 5.32 Å². The average Bonchev–Trinajstić information content (AvgIpc) is 2.28. The summed E-state index contributed by atoms with van der Waals surface area (Å²) in [6, 6.07) is 0. The van der Waals surface area contributed by atoms with E-state index >= 15 is 0 Å². The lowest BCUT2D eigenvalue weighted by molar-refractivity contribution is 0.163. The molecular weight excluding hydrogens is 190 g/mol. The van der Waals surface area contributed by atoms with Crippen molar-refractivity contribution in [2.24, 2.45) is 0 Å². The van der Waals surface area contributed by atoms with Crippen LogP contribution in [0.15, 0.2) is 18.7 Å². The van der Waals surface area contributed by atoms with E-state index in [1.165, 1.54) is 6.33 Å². The van der Waals surface area contributed by atoms with Gasteiger partial charge in [0.15, 0.2) is 0 Å². The molecule has 1 unspecified atom stereocenters. The van der Waals surface area contributed by atoms with Gasteiger partial charge in [-0.05, 0) is 13.3 Å². The minimum absolute atomic E-state index is 0.147. The van der Waals surface area contributed by atoms with E-state index in [0.29, 0.717) is 6.54 Å². The molecule has 1 heterocycles. The fourth-order valence-corrected chi connectivity index (χ4v) is 1.51. The van der Waals surface area contributed by atoms with Crippen LogP contribution >= 0.6 is 0 Å². The maximum atomic E-state index is 9.30. The molecule has 0 spiro atoms. The van der Waals surface area contributed by atoms with Gasteiger partial charge in [0.1, 0.15) is 6.33 Å². The van der Waals surface area contributed by atoms with Gasteiger partial charge < -0.3 is 10.4 Å². The molecule has 0 aliphatic rings. The molecule has 0 amide bonds. The maximum Gasteiger partial charge on any atom is 0.115 e. The quantitative estimate of drug-likeness (QED) is 0.737. The zero-order chi connectivity index (χ0) is 11.1. The molecule has 4 heteroatoms. The van der Waals surface area contributed by atoms with Gasteiger partial charge in [-0.25, -0.2) is 9.97 Å². The SMILES string of the molecule is CCCC(C)(CO)NCc1cncnc1. The summed E-state index contributed by atoms with van der Waals surface area (Å²) in [5, 5.41) is 12.6. The first-order valence-corrected chi connectivity index (χ1v) is 5.30. The third-order valence-corrected chi connectivity index (χ3v) is 2.48. The number of hydrogen-bond acceptors (Lipinski definition) is 4.